The van der Waals surface area contributed by atoms with E-state index in [2.05, 4.69) is 43.4 Å². The molecule has 0 saturated heterocycles. The van der Waals surface area contributed by atoms with Crippen LogP contribution in [0.25, 0.3) is 0 Å². The van der Waals surface area contributed by atoms with E-state index in [1.54, 1.807) is 14.2 Å². The third kappa shape index (κ3) is 3.37. The number of methoxy groups -OCH3 is 2. The number of rotatable bonds is 6. The van der Waals surface area contributed by atoms with Crippen LogP contribution in [0.2, 0.25) is 0 Å². The van der Waals surface area contributed by atoms with Gasteiger partial charge in [-0.05, 0) is 31.2 Å². The zero-order valence-electron chi connectivity index (χ0n) is 13.1. The van der Waals surface area contributed by atoms with Gasteiger partial charge in [0.25, 0.3) is 0 Å². The largest absolute Gasteiger partial charge is 0.496 e. The first-order valence-corrected chi connectivity index (χ1v) is 7.22. The summed E-state index contributed by atoms with van der Waals surface area (Å²) in [5.41, 5.74) is 3.49. The van der Waals surface area contributed by atoms with Gasteiger partial charge in [0.15, 0.2) is 0 Å². The highest BCUT2D eigenvalue weighted by Gasteiger charge is 2.21. The highest BCUT2D eigenvalue weighted by molar-refractivity contribution is 5.50. The van der Waals surface area contributed by atoms with Gasteiger partial charge in [0, 0.05) is 0 Å². The molecule has 0 bridgehead atoms. The van der Waals surface area contributed by atoms with Crippen LogP contribution in [0, 0.1) is 6.92 Å². The maximum atomic E-state index is 5.55. The van der Waals surface area contributed by atoms with Crippen molar-refractivity contribution in [3.63, 3.8) is 0 Å². The van der Waals surface area contributed by atoms with Crippen LogP contribution in [0.5, 0.6) is 11.5 Å². The van der Waals surface area contributed by atoms with Crippen molar-refractivity contribution in [3.8, 4) is 11.5 Å². The van der Waals surface area contributed by atoms with Crippen LogP contribution in [-0.4, -0.2) is 20.8 Å². The molecule has 0 amide bonds. The second-order valence-electron chi connectivity index (χ2n) is 4.98. The van der Waals surface area contributed by atoms with Crippen molar-refractivity contribution in [2.75, 3.05) is 20.8 Å². The van der Waals surface area contributed by atoms with Crippen molar-refractivity contribution in [1.82, 2.24) is 5.32 Å². The van der Waals surface area contributed by atoms with E-state index in [4.69, 9.17) is 9.47 Å². The van der Waals surface area contributed by atoms with E-state index >= 15 is 0 Å². The lowest BCUT2D eigenvalue weighted by Gasteiger charge is -2.23. The zero-order valence-corrected chi connectivity index (χ0v) is 13.1. The number of hydrogen-bond donors (Lipinski definition) is 1. The SMILES string of the molecule is CCNC(c1cccc(C)c1)c1c(OC)cccc1OC. The predicted molar refractivity (Wildman–Crippen MR) is 86.2 cm³/mol. The average Bonchev–Trinajstić information content (AvgIpc) is 2.52. The van der Waals surface area contributed by atoms with Crippen LogP contribution in [-0.2, 0) is 0 Å². The predicted octanol–water partition coefficient (Wildman–Crippen LogP) is 3.71. The lowest BCUT2D eigenvalue weighted by atomic mass is 9.95. The van der Waals surface area contributed by atoms with E-state index in [1.165, 1.54) is 11.1 Å². The maximum absolute atomic E-state index is 5.55. The fourth-order valence-electron chi connectivity index (χ4n) is 2.60. The molecule has 0 aliphatic rings. The maximum Gasteiger partial charge on any atom is 0.127 e. The number of aryl methyl sites for hydroxylation is 1. The van der Waals surface area contributed by atoms with Crippen LogP contribution in [0.15, 0.2) is 42.5 Å². The van der Waals surface area contributed by atoms with Crippen molar-refractivity contribution in [3.05, 3.63) is 59.2 Å². The molecule has 3 heteroatoms. The first kappa shape index (κ1) is 15.4. The molecule has 0 radical (unpaired) electrons. The van der Waals surface area contributed by atoms with Crippen molar-refractivity contribution in [1.29, 1.82) is 0 Å². The molecular formula is C18H23NO2. The summed E-state index contributed by atoms with van der Waals surface area (Å²) < 4.78 is 11.1. The molecule has 0 saturated carbocycles. The molecule has 1 atom stereocenters. The summed E-state index contributed by atoms with van der Waals surface area (Å²) in [4.78, 5) is 0. The normalized spacial score (nSPS) is 12.0. The lowest BCUT2D eigenvalue weighted by molar-refractivity contribution is 0.377. The zero-order chi connectivity index (χ0) is 15.2. The summed E-state index contributed by atoms with van der Waals surface area (Å²) in [5, 5.41) is 3.53. The van der Waals surface area contributed by atoms with Gasteiger partial charge in [0.05, 0.1) is 25.8 Å². The fourth-order valence-corrected chi connectivity index (χ4v) is 2.60. The van der Waals surface area contributed by atoms with E-state index in [0.717, 1.165) is 23.6 Å². The van der Waals surface area contributed by atoms with Gasteiger partial charge in [-0.25, -0.2) is 0 Å². The van der Waals surface area contributed by atoms with E-state index < -0.39 is 0 Å². The summed E-state index contributed by atoms with van der Waals surface area (Å²) >= 11 is 0. The highest BCUT2D eigenvalue weighted by atomic mass is 16.5. The third-order valence-corrected chi connectivity index (χ3v) is 3.54. The molecule has 2 rings (SSSR count). The Morgan fingerprint density at radius 1 is 1.00 bits per heavy atom. The Morgan fingerprint density at radius 3 is 2.14 bits per heavy atom. The van der Waals surface area contributed by atoms with Crippen molar-refractivity contribution >= 4 is 0 Å². The van der Waals surface area contributed by atoms with Crippen molar-refractivity contribution < 1.29 is 9.47 Å². The molecule has 112 valence electrons. The molecule has 1 N–H and O–H groups in total. The van der Waals surface area contributed by atoms with Gasteiger partial charge in [-0.1, -0.05) is 42.8 Å². The van der Waals surface area contributed by atoms with Gasteiger partial charge in [-0.2, -0.15) is 0 Å². The Morgan fingerprint density at radius 2 is 1.62 bits per heavy atom. The first-order valence-electron chi connectivity index (χ1n) is 7.22. The first-order chi connectivity index (χ1) is 10.2. The minimum Gasteiger partial charge on any atom is -0.496 e. The van der Waals surface area contributed by atoms with E-state index in [0.29, 0.717) is 0 Å². The number of ether oxygens (including phenoxy) is 2. The Balaban J connectivity index is 2.57. The van der Waals surface area contributed by atoms with Crippen LogP contribution in [0.1, 0.15) is 29.7 Å². The van der Waals surface area contributed by atoms with E-state index in [-0.39, 0.29) is 6.04 Å². The minimum atomic E-state index is 0.0426. The Bertz CT molecular complexity index is 573. The fraction of sp³-hybridized carbons (Fsp3) is 0.333. The Kier molecular flexibility index (Phi) is 5.23. The summed E-state index contributed by atoms with van der Waals surface area (Å²) in [6.45, 7) is 5.07. The number of benzene rings is 2. The quantitative estimate of drug-likeness (QED) is 0.877. The van der Waals surface area contributed by atoms with E-state index in [9.17, 15) is 0 Å². The third-order valence-electron chi connectivity index (χ3n) is 3.54. The van der Waals surface area contributed by atoms with Gasteiger partial charge >= 0.3 is 0 Å². The van der Waals surface area contributed by atoms with E-state index in [1.807, 2.05) is 18.2 Å². The minimum absolute atomic E-state index is 0.0426. The molecule has 0 aliphatic heterocycles. The van der Waals surface area contributed by atoms with Crippen LogP contribution in [0.3, 0.4) is 0 Å². The summed E-state index contributed by atoms with van der Waals surface area (Å²) in [7, 11) is 3.38. The van der Waals surface area contributed by atoms with Crippen LogP contribution >= 0.6 is 0 Å². The lowest BCUT2D eigenvalue weighted by Crippen LogP contribution is -2.23. The van der Waals surface area contributed by atoms with Gasteiger partial charge in [0.2, 0.25) is 0 Å². The van der Waals surface area contributed by atoms with Crippen LogP contribution < -0.4 is 14.8 Å². The van der Waals surface area contributed by atoms with Crippen molar-refractivity contribution in [2.24, 2.45) is 0 Å². The van der Waals surface area contributed by atoms with Gasteiger partial charge in [-0.3, -0.25) is 0 Å². The molecule has 0 aliphatic carbocycles. The standard InChI is InChI=1S/C18H23NO2/c1-5-19-18(14-9-6-8-13(2)12-14)17-15(20-3)10-7-11-16(17)21-4/h6-12,18-19H,5H2,1-4H3. The Hall–Kier alpha value is -2.00. The van der Waals surface area contributed by atoms with Gasteiger partial charge in [-0.15, -0.1) is 0 Å². The average molecular weight is 285 g/mol. The highest BCUT2D eigenvalue weighted by Crippen LogP contribution is 2.37. The number of nitrogens with one attached hydrogen (secondary N) is 1. The molecule has 0 aromatic heterocycles. The van der Waals surface area contributed by atoms with Gasteiger partial charge in [0.1, 0.15) is 11.5 Å². The summed E-state index contributed by atoms with van der Waals surface area (Å²) in [6.07, 6.45) is 0. The monoisotopic (exact) mass is 285 g/mol. The Labute approximate surface area is 126 Å². The molecule has 21 heavy (non-hydrogen) atoms. The topological polar surface area (TPSA) is 30.5 Å². The van der Waals surface area contributed by atoms with Crippen LogP contribution in [0.4, 0.5) is 0 Å². The summed E-state index contributed by atoms with van der Waals surface area (Å²) in [6, 6.07) is 14.4. The number of hydrogen-bond acceptors (Lipinski definition) is 3. The van der Waals surface area contributed by atoms with Crippen molar-refractivity contribution in [2.45, 2.75) is 19.9 Å². The molecule has 2 aromatic rings. The molecule has 0 spiro atoms. The second kappa shape index (κ2) is 7.14. The molecule has 0 heterocycles. The molecule has 1 unspecified atom stereocenters. The second-order valence-corrected chi connectivity index (χ2v) is 4.98. The molecule has 0 fully saturated rings. The smallest absolute Gasteiger partial charge is 0.127 e. The molecular weight excluding hydrogens is 262 g/mol. The molecule has 3 nitrogen and oxygen atoms in total. The summed E-state index contributed by atoms with van der Waals surface area (Å²) in [5.74, 6) is 1.67. The molecule has 2 aromatic carbocycles. The van der Waals surface area contributed by atoms with Gasteiger partial charge < -0.3 is 14.8 Å².